The molecule has 0 aliphatic heterocycles. The minimum Gasteiger partial charge on any atom is -0.496 e. The third kappa shape index (κ3) is 4.02. The Kier molecular flexibility index (Phi) is 5.21. The van der Waals surface area contributed by atoms with E-state index in [0.717, 1.165) is 25.1 Å². The van der Waals surface area contributed by atoms with Gasteiger partial charge < -0.3 is 10.5 Å². The van der Waals surface area contributed by atoms with Crippen LogP contribution in [0.5, 0.6) is 5.75 Å². The highest BCUT2D eigenvalue weighted by Crippen LogP contribution is 2.31. The molecule has 0 amide bonds. The first-order chi connectivity index (χ1) is 8.39. The Morgan fingerprint density at radius 2 is 1.94 bits per heavy atom. The van der Waals surface area contributed by atoms with E-state index in [2.05, 4.69) is 45.9 Å². The standard InChI is InChI=1S/C16H27NO/c1-12(2)14-10-13(6-7-15(14)18-5)11-16(3,4)8-9-17/h6-7,10,12H,8-9,11,17H2,1-5H3. The van der Waals surface area contributed by atoms with Crippen LogP contribution in [-0.4, -0.2) is 13.7 Å². The number of hydrogen-bond donors (Lipinski definition) is 1. The maximum atomic E-state index is 5.67. The summed E-state index contributed by atoms with van der Waals surface area (Å²) >= 11 is 0. The van der Waals surface area contributed by atoms with Crippen LogP contribution in [-0.2, 0) is 6.42 Å². The molecule has 0 heterocycles. The minimum atomic E-state index is 0.261. The van der Waals surface area contributed by atoms with Crippen molar-refractivity contribution in [3.63, 3.8) is 0 Å². The van der Waals surface area contributed by atoms with Crippen molar-refractivity contribution in [2.45, 2.75) is 46.5 Å². The first kappa shape index (κ1) is 15.0. The second-order valence-electron chi connectivity index (χ2n) is 6.11. The Labute approximate surface area is 112 Å². The molecule has 0 bridgehead atoms. The van der Waals surface area contributed by atoms with Crippen LogP contribution in [0.15, 0.2) is 18.2 Å². The SMILES string of the molecule is COc1ccc(CC(C)(C)CCN)cc1C(C)C. The summed E-state index contributed by atoms with van der Waals surface area (Å²) in [7, 11) is 1.74. The highest BCUT2D eigenvalue weighted by Gasteiger charge is 2.18. The van der Waals surface area contributed by atoms with Crippen LogP contribution in [0.4, 0.5) is 0 Å². The lowest BCUT2D eigenvalue weighted by Crippen LogP contribution is -2.19. The van der Waals surface area contributed by atoms with Crippen molar-refractivity contribution in [2.75, 3.05) is 13.7 Å². The zero-order valence-corrected chi connectivity index (χ0v) is 12.4. The molecule has 2 N–H and O–H groups in total. The van der Waals surface area contributed by atoms with E-state index in [1.807, 2.05) is 0 Å². The van der Waals surface area contributed by atoms with Gasteiger partial charge in [-0.2, -0.15) is 0 Å². The highest BCUT2D eigenvalue weighted by molar-refractivity contribution is 5.39. The maximum Gasteiger partial charge on any atom is 0.122 e. The quantitative estimate of drug-likeness (QED) is 0.833. The average Bonchev–Trinajstić information content (AvgIpc) is 2.28. The summed E-state index contributed by atoms with van der Waals surface area (Å²) in [4.78, 5) is 0. The van der Waals surface area contributed by atoms with Crippen molar-refractivity contribution in [3.8, 4) is 5.75 Å². The topological polar surface area (TPSA) is 35.2 Å². The van der Waals surface area contributed by atoms with Gasteiger partial charge in [-0.05, 0) is 47.9 Å². The lowest BCUT2D eigenvalue weighted by Gasteiger charge is -2.24. The van der Waals surface area contributed by atoms with E-state index in [1.165, 1.54) is 11.1 Å². The minimum absolute atomic E-state index is 0.261. The molecule has 1 aromatic carbocycles. The summed E-state index contributed by atoms with van der Waals surface area (Å²) < 4.78 is 5.42. The molecule has 18 heavy (non-hydrogen) atoms. The van der Waals surface area contributed by atoms with Crippen LogP contribution < -0.4 is 10.5 Å². The van der Waals surface area contributed by atoms with Gasteiger partial charge in [0.1, 0.15) is 5.75 Å². The molecule has 0 fully saturated rings. The van der Waals surface area contributed by atoms with E-state index in [-0.39, 0.29) is 5.41 Å². The van der Waals surface area contributed by atoms with Gasteiger partial charge >= 0.3 is 0 Å². The zero-order chi connectivity index (χ0) is 13.8. The second-order valence-corrected chi connectivity index (χ2v) is 6.11. The third-order valence-electron chi connectivity index (χ3n) is 3.42. The second kappa shape index (κ2) is 6.24. The van der Waals surface area contributed by atoms with E-state index < -0.39 is 0 Å². The van der Waals surface area contributed by atoms with Crippen LogP contribution in [0, 0.1) is 5.41 Å². The summed E-state index contributed by atoms with van der Waals surface area (Å²) in [6, 6.07) is 6.54. The van der Waals surface area contributed by atoms with E-state index in [1.54, 1.807) is 7.11 Å². The van der Waals surface area contributed by atoms with E-state index in [0.29, 0.717) is 5.92 Å². The Morgan fingerprint density at radius 1 is 1.28 bits per heavy atom. The molecule has 0 aliphatic rings. The largest absolute Gasteiger partial charge is 0.496 e. The molecule has 0 spiro atoms. The predicted molar refractivity (Wildman–Crippen MR) is 78.2 cm³/mol. The van der Waals surface area contributed by atoms with E-state index in [4.69, 9.17) is 10.5 Å². The van der Waals surface area contributed by atoms with Crippen molar-refractivity contribution < 1.29 is 4.74 Å². The number of hydrogen-bond acceptors (Lipinski definition) is 2. The van der Waals surface area contributed by atoms with Crippen molar-refractivity contribution in [2.24, 2.45) is 11.1 Å². The first-order valence-corrected chi connectivity index (χ1v) is 6.76. The van der Waals surface area contributed by atoms with Gasteiger partial charge in [-0.25, -0.2) is 0 Å². The summed E-state index contributed by atoms with van der Waals surface area (Å²) in [6.07, 6.45) is 2.12. The smallest absolute Gasteiger partial charge is 0.122 e. The van der Waals surface area contributed by atoms with Crippen molar-refractivity contribution in [1.29, 1.82) is 0 Å². The monoisotopic (exact) mass is 249 g/mol. The van der Waals surface area contributed by atoms with Crippen LogP contribution in [0.2, 0.25) is 0 Å². The predicted octanol–water partition coefficient (Wildman–Crippen LogP) is 3.74. The summed E-state index contributed by atoms with van der Waals surface area (Å²) in [5, 5.41) is 0. The molecule has 0 saturated carbocycles. The molecule has 102 valence electrons. The fourth-order valence-corrected chi connectivity index (χ4v) is 2.38. The highest BCUT2D eigenvalue weighted by atomic mass is 16.5. The van der Waals surface area contributed by atoms with Gasteiger partial charge in [0.15, 0.2) is 0 Å². The fraction of sp³-hybridized carbons (Fsp3) is 0.625. The van der Waals surface area contributed by atoms with E-state index >= 15 is 0 Å². The lowest BCUT2D eigenvalue weighted by atomic mass is 9.82. The first-order valence-electron chi connectivity index (χ1n) is 6.76. The molecule has 0 aliphatic carbocycles. The molecule has 0 unspecified atom stereocenters. The Bertz CT molecular complexity index is 383. The normalized spacial score (nSPS) is 11.9. The zero-order valence-electron chi connectivity index (χ0n) is 12.4. The molecule has 0 atom stereocenters. The van der Waals surface area contributed by atoms with Crippen molar-refractivity contribution in [3.05, 3.63) is 29.3 Å². The molecule has 2 heteroatoms. The van der Waals surface area contributed by atoms with E-state index in [9.17, 15) is 0 Å². The molecule has 2 nitrogen and oxygen atoms in total. The molecule has 1 rings (SSSR count). The van der Waals surface area contributed by atoms with Gasteiger partial charge in [0.2, 0.25) is 0 Å². The molecule has 0 radical (unpaired) electrons. The Hall–Kier alpha value is -1.02. The van der Waals surface area contributed by atoms with Gasteiger partial charge in [-0.3, -0.25) is 0 Å². The number of methoxy groups -OCH3 is 1. The molecular formula is C16H27NO. The van der Waals surface area contributed by atoms with Crippen LogP contribution >= 0.6 is 0 Å². The van der Waals surface area contributed by atoms with Gasteiger partial charge in [0.05, 0.1) is 7.11 Å². The molecule has 0 saturated heterocycles. The Balaban J connectivity index is 2.95. The summed E-state index contributed by atoms with van der Waals surface area (Å²) in [5.74, 6) is 1.47. The van der Waals surface area contributed by atoms with Crippen LogP contribution in [0.25, 0.3) is 0 Å². The maximum absolute atomic E-state index is 5.67. The van der Waals surface area contributed by atoms with Gasteiger partial charge in [-0.15, -0.1) is 0 Å². The lowest BCUT2D eigenvalue weighted by molar-refractivity contribution is 0.338. The number of ether oxygens (including phenoxy) is 1. The summed E-state index contributed by atoms with van der Waals surface area (Å²) in [6.45, 7) is 9.71. The molecular weight excluding hydrogens is 222 g/mol. The fourth-order valence-electron chi connectivity index (χ4n) is 2.38. The average molecular weight is 249 g/mol. The Morgan fingerprint density at radius 3 is 2.44 bits per heavy atom. The number of nitrogens with two attached hydrogens (primary N) is 1. The number of benzene rings is 1. The molecule has 1 aromatic rings. The van der Waals surface area contributed by atoms with Crippen LogP contribution in [0.1, 0.15) is 51.2 Å². The number of rotatable bonds is 6. The van der Waals surface area contributed by atoms with Gasteiger partial charge in [0, 0.05) is 0 Å². The van der Waals surface area contributed by atoms with Gasteiger partial charge in [0.25, 0.3) is 0 Å². The summed E-state index contributed by atoms with van der Waals surface area (Å²) in [5.41, 5.74) is 8.60. The van der Waals surface area contributed by atoms with Gasteiger partial charge in [-0.1, -0.05) is 39.8 Å². The van der Waals surface area contributed by atoms with Crippen LogP contribution in [0.3, 0.4) is 0 Å². The van der Waals surface area contributed by atoms with Crippen molar-refractivity contribution in [1.82, 2.24) is 0 Å². The molecule has 0 aromatic heterocycles. The van der Waals surface area contributed by atoms with Crippen molar-refractivity contribution >= 4 is 0 Å². The third-order valence-corrected chi connectivity index (χ3v) is 3.42.